The first kappa shape index (κ1) is 8.26. The largest absolute Gasteiger partial charge is 0.313 e. The van der Waals surface area contributed by atoms with Crippen LogP contribution in [0.5, 0.6) is 0 Å². The summed E-state index contributed by atoms with van der Waals surface area (Å²) in [7, 11) is 0. The molecule has 0 aliphatic heterocycles. The third-order valence-electron chi connectivity index (χ3n) is 1.77. The van der Waals surface area contributed by atoms with E-state index in [-0.39, 0.29) is 5.56 Å². The van der Waals surface area contributed by atoms with Crippen LogP contribution in [-0.2, 0) is 0 Å². The number of aromatic nitrogens is 3. The molecule has 0 spiro atoms. The highest BCUT2D eigenvalue weighted by Gasteiger charge is 2.02. The van der Waals surface area contributed by atoms with Crippen LogP contribution in [0.3, 0.4) is 0 Å². The van der Waals surface area contributed by atoms with E-state index in [2.05, 4.69) is 9.97 Å². The normalized spacial score (nSPS) is 9.64. The molecule has 0 radical (unpaired) electrons. The van der Waals surface area contributed by atoms with E-state index in [1.165, 1.54) is 12.4 Å². The smallest absolute Gasteiger partial charge is 0.252 e. The van der Waals surface area contributed by atoms with E-state index in [1.54, 1.807) is 22.9 Å². The number of hydrogen-bond acceptors (Lipinski definition) is 3. The summed E-state index contributed by atoms with van der Waals surface area (Å²) in [4.78, 5) is 17.3. The van der Waals surface area contributed by atoms with Crippen LogP contribution in [0.15, 0.2) is 35.5 Å². The molecule has 0 aliphatic carbocycles. The summed E-state index contributed by atoms with van der Waals surface area (Å²) in [6.45, 7) is 0. The number of aromatic amines is 1. The Morgan fingerprint density at radius 3 is 3.14 bits per heavy atom. The van der Waals surface area contributed by atoms with Crippen LogP contribution in [0.4, 0.5) is 0 Å². The molecule has 2 aromatic rings. The van der Waals surface area contributed by atoms with E-state index in [9.17, 15) is 4.79 Å². The minimum absolute atomic E-state index is 0.243. The highest BCUT2D eigenvalue weighted by atomic mass is 16.1. The number of nitrogens with one attached hydrogen (secondary N) is 1. The van der Waals surface area contributed by atoms with Gasteiger partial charge in [0.25, 0.3) is 5.56 Å². The minimum atomic E-state index is -0.243. The van der Waals surface area contributed by atoms with Gasteiger partial charge in [0.15, 0.2) is 0 Å². The van der Waals surface area contributed by atoms with Crippen LogP contribution in [0.2, 0.25) is 0 Å². The lowest BCUT2D eigenvalue weighted by atomic mass is 10.4. The molecule has 68 valence electrons. The van der Waals surface area contributed by atoms with Crippen molar-refractivity contribution in [1.82, 2.24) is 14.5 Å². The zero-order valence-corrected chi connectivity index (χ0v) is 7.14. The first-order valence-electron chi connectivity index (χ1n) is 3.94. The van der Waals surface area contributed by atoms with E-state index in [0.29, 0.717) is 11.5 Å². The van der Waals surface area contributed by atoms with E-state index in [1.807, 2.05) is 6.07 Å². The van der Waals surface area contributed by atoms with Crippen molar-refractivity contribution in [2.45, 2.75) is 0 Å². The van der Waals surface area contributed by atoms with Crippen LogP contribution in [0.1, 0.15) is 5.69 Å². The van der Waals surface area contributed by atoms with E-state index >= 15 is 0 Å². The second kappa shape index (κ2) is 3.18. The highest BCUT2D eigenvalue weighted by molar-refractivity contribution is 5.32. The van der Waals surface area contributed by atoms with Crippen LogP contribution >= 0.6 is 0 Å². The molecule has 14 heavy (non-hydrogen) atoms. The Balaban J connectivity index is 2.61. The molecular weight excluding hydrogens is 180 g/mol. The molecule has 0 aliphatic rings. The SMILES string of the molecule is N#Cc1cccn1-c1cc(=O)[nH]cn1. The lowest BCUT2D eigenvalue weighted by molar-refractivity contribution is 0.955. The molecule has 0 amide bonds. The van der Waals surface area contributed by atoms with Gasteiger partial charge in [0.2, 0.25) is 0 Å². The number of rotatable bonds is 1. The van der Waals surface area contributed by atoms with Gasteiger partial charge in [-0.2, -0.15) is 5.26 Å². The van der Waals surface area contributed by atoms with Crippen molar-refractivity contribution in [2.24, 2.45) is 0 Å². The standard InChI is InChI=1S/C9H6N4O/c10-5-7-2-1-3-13(7)8-4-9(14)12-6-11-8/h1-4,6H,(H,11,12,14). The summed E-state index contributed by atoms with van der Waals surface area (Å²) in [6.07, 6.45) is 2.99. The average molecular weight is 186 g/mol. The first-order chi connectivity index (χ1) is 6.81. The predicted octanol–water partition coefficient (Wildman–Crippen LogP) is 0.432. The van der Waals surface area contributed by atoms with Crippen molar-refractivity contribution in [3.8, 4) is 11.9 Å². The second-order valence-corrected chi connectivity index (χ2v) is 2.64. The molecule has 5 heteroatoms. The third kappa shape index (κ3) is 1.29. The fourth-order valence-corrected chi connectivity index (χ4v) is 1.16. The Morgan fingerprint density at radius 2 is 2.43 bits per heavy atom. The van der Waals surface area contributed by atoms with E-state index < -0.39 is 0 Å². The number of H-pyrrole nitrogens is 1. The van der Waals surface area contributed by atoms with Gasteiger partial charge < -0.3 is 4.98 Å². The molecule has 0 saturated heterocycles. The molecule has 0 unspecified atom stereocenters. The van der Waals surface area contributed by atoms with Gasteiger partial charge in [-0.05, 0) is 12.1 Å². The fraction of sp³-hybridized carbons (Fsp3) is 0. The average Bonchev–Trinajstić information content (AvgIpc) is 2.65. The van der Waals surface area contributed by atoms with Gasteiger partial charge in [0.05, 0.1) is 6.33 Å². The van der Waals surface area contributed by atoms with Crippen LogP contribution in [0, 0.1) is 11.3 Å². The number of nitrogens with zero attached hydrogens (tertiary/aromatic N) is 3. The third-order valence-corrected chi connectivity index (χ3v) is 1.77. The maximum atomic E-state index is 11.0. The summed E-state index contributed by atoms with van der Waals surface area (Å²) >= 11 is 0. The summed E-state index contributed by atoms with van der Waals surface area (Å²) in [5, 5.41) is 8.75. The van der Waals surface area contributed by atoms with Crippen molar-refractivity contribution in [1.29, 1.82) is 5.26 Å². The highest BCUT2D eigenvalue weighted by Crippen LogP contribution is 2.06. The maximum Gasteiger partial charge on any atom is 0.252 e. The second-order valence-electron chi connectivity index (χ2n) is 2.64. The predicted molar refractivity (Wildman–Crippen MR) is 48.9 cm³/mol. The Hall–Kier alpha value is -2.35. The molecule has 0 aromatic carbocycles. The van der Waals surface area contributed by atoms with Crippen molar-refractivity contribution in [3.63, 3.8) is 0 Å². The summed E-state index contributed by atoms with van der Waals surface area (Å²) in [6, 6.07) is 6.72. The van der Waals surface area contributed by atoms with E-state index in [0.717, 1.165) is 0 Å². The molecule has 2 aromatic heterocycles. The molecule has 0 bridgehead atoms. The topological polar surface area (TPSA) is 74.5 Å². The Bertz CT molecular complexity index is 546. The van der Waals surface area contributed by atoms with Crippen molar-refractivity contribution in [3.05, 3.63) is 46.8 Å². The molecular formula is C9H6N4O. The van der Waals surface area contributed by atoms with Crippen molar-refractivity contribution >= 4 is 0 Å². The Labute approximate surface area is 79.3 Å². The number of hydrogen-bond donors (Lipinski definition) is 1. The van der Waals surface area contributed by atoms with Gasteiger partial charge in [-0.3, -0.25) is 9.36 Å². The van der Waals surface area contributed by atoms with Gasteiger partial charge in [-0.1, -0.05) is 0 Å². The van der Waals surface area contributed by atoms with E-state index in [4.69, 9.17) is 5.26 Å². The molecule has 5 nitrogen and oxygen atoms in total. The van der Waals surface area contributed by atoms with Crippen LogP contribution in [-0.4, -0.2) is 14.5 Å². The monoisotopic (exact) mass is 186 g/mol. The minimum Gasteiger partial charge on any atom is -0.313 e. The zero-order chi connectivity index (χ0) is 9.97. The molecule has 0 atom stereocenters. The molecule has 0 saturated carbocycles. The summed E-state index contributed by atoms with van der Waals surface area (Å²) in [5.74, 6) is 0.440. The lowest BCUT2D eigenvalue weighted by Gasteiger charge is -2.00. The lowest BCUT2D eigenvalue weighted by Crippen LogP contribution is -2.08. The van der Waals surface area contributed by atoms with Gasteiger partial charge in [-0.15, -0.1) is 0 Å². The van der Waals surface area contributed by atoms with Gasteiger partial charge in [0, 0.05) is 12.3 Å². The van der Waals surface area contributed by atoms with Crippen molar-refractivity contribution in [2.75, 3.05) is 0 Å². The Morgan fingerprint density at radius 1 is 1.57 bits per heavy atom. The zero-order valence-electron chi connectivity index (χ0n) is 7.14. The van der Waals surface area contributed by atoms with Crippen LogP contribution in [0.25, 0.3) is 5.82 Å². The summed E-state index contributed by atoms with van der Waals surface area (Å²) in [5.41, 5.74) is 0.204. The van der Waals surface area contributed by atoms with Gasteiger partial charge >= 0.3 is 0 Å². The number of nitriles is 1. The molecule has 0 fully saturated rings. The first-order valence-corrected chi connectivity index (χ1v) is 3.94. The summed E-state index contributed by atoms with van der Waals surface area (Å²) < 4.78 is 1.55. The van der Waals surface area contributed by atoms with Crippen molar-refractivity contribution < 1.29 is 0 Å². The quantitative estimate of drug-likeness (QED) is 0.701. The Kier molecular flexibility index (Phi) is 1.88. The maximum absolute atomic E-state index is 11.0. The van der Waals surface area contributed by atoms with Gasteiger partial charge in [-0.25, -0.2) is 4.98 Å². The van der Waals surface area contributed by atoms with Crippen LogP contribution < -0.4 is 5.56 Å². The fourth-order valence-electron chi connectivity index (χ4n) is 1.16. The molecule has 1 N–H and O–H groups in total. The van der Waals surface area contributed by atoms with Gasteiger partial charge in [0.1, 0.15) is 17.6 Å². The molecule has 2 rings (SSSR count). The molecule has 2 heterocycles.